The molecule has 0 atom stereocenters. The summed E-state index contributed by atoms with van der Waals surface area (Å²) < 4.78 is 0. The molecule has 1 aromatic rings. The molecule has 1 heteroatoms. The van der Waals surface area contributed by atoms with Gasteiger partial charge in [0.05, 0.1) is 0 Å². The van der Waals surface area contributed by atoms with Crippen molar-refractivity contribution in [2.45, 2.75) is 27.2 Å². The molecule has 1 rings (SSSR count). The van der Waals surface area contributed by atoms with Crippen LogP contribution in [0.4, 0.5) is 5.69 Å². The fourth-order valence-corrected chi connectivity index (χ4v) is 1.46. The van der Waals surface area contributed by atoms with E-state index < -0.39 is 0 Å². The number of rotatable bonds is 2. The Hall–Kier alpha value is -1.24. The zero-order valence-corrected chi connectivity index (χ0v) is 9.30. The lowest BCUT2D eigenvalue weighted by molar-refractivity contribution is 0.427. The second kappa shape index (κ2) is 3.87. The Kier molecular flexibility index (Phi) is 3.00. The zero-order valence-electron chi connectivity index (χ0n) is 9.30. The molecule has 0 saturated carbocycles. The predicted octanol–water partition coefficient (Wildman–Crippen LogP) is 3.72. The normalized spacial score (nSPS) is 11.4. The number of benzene rings is 1. The third-order valence-corrected chi connectivity index (χ3v) is 2.06. The summed E-state index contributed by atoms with van der Waals surface area (Å²) in [6, 6.07) is 7.90. The van der Waals surface area contributed by atoms with Crippen LogP contribution >= 0.6 is 0 Å². The molecule has 0 spiro atoms. The van der Waals surface area contributed by atoms with Gasteiger partial charge in [-0.15, -0.1) is 0 Å². The van der Waals surface area contributed by atoms with Gasteiger partial charge >= 0.3 is 0 Å². The minimum absolute atomic E-state index is 0.290. The lowest BCUT2D eigenvalue weighted by Gasteiger charge is -2.19. The molecule has 0 unspecified atom stereocenters. The summed E-state index contributed by atoms with van der Waals surface area (Å²) in [5, 5.41) is 0. The third kappa shape index (κ3) is 3.25. The van der Waals surface area contributed by atoms with E-state index in [9.17, 15) is 0 Å². The van der Waals surface area contributed by atoms with Gasteiger partial charge in [0.2, 0.25) is 0 Å². The molecule has 2 N–H and O–H groups in total. The quantitative estimate of drug-likeness (QED) is 0.705. The third-order valence-electron chi connectivity index (χ3n) is 2.06. The summed E-state index contributed by atoms with van der Waals surface area (Å²) in [4.78, 5) is 0. The number of allylic oxidation sites excluding steroid dienone is 1. The molecule has 0 aliphatic heterocycles. The lowest BCUT2D eigenvalue weighted by Crippen LogP contribution is -2.05. The van der Waals surface area contributed by atoms with E-state index in [1.807, 2.05) is 24.3 Å². The minimum atomic E-state index is 0.290. The molecule has 0 aromatic heterocycles. The summed E-state index contributed by atoms with van der Waals surface area (Å²) >= 11 is 0. The lowest BCUT2D eigenvalue weighted by atomic mass is 9.86. The molecule has 0 bridgehead atoms. The molecule has 1 nitrogen and oxygen atoms in total. The fraction of sp³-hybridized carbons (Fsp3) is 0.385. The Labute approximate surface area is 86.6 Å². The van der Waals surface area contributed by atoms with Crippen LogP contribution in [0.15, 0.2) is 30.8 Å². The van der Waals surface area contributed by atoms with E-state index in [0.29, 0.717) is 5.41 Å². The van der Waals surface area contributed by atoms with Gasteiger partial charge in [0, 0.05) is 5.69 Å². The number of nitrogens with two attached hydrogens (primary N) is 1. The minimum Gasteiger partial charge on any atom is -0.399 e. The van der Waals surface area contributed by atoms with Crippen molar-refractivity contribution in [1.29, 1.82) is 0 Å². The molecular weight excluding hydrogens is 170 g/mol. The van der Waals surface area contributed by atoms with Crippen LogP contribution in [-0.2, 0) is 0 Å². The van der Waals surface area contributed by atoms with Gasteiger partial charge in [0.1, 0.15) is 0 Å². The standard InChI is InChI=1S/C13H19N/c1-10(9-13(2,3)4)11-5-7-12(14)8-6-11/h5-8H,1,9,14H2,2-4H3. The van der Waals surface area contributed by atoms with Crippen LogP contribution < -0.4 is 5.73 Å². The van der Waals surface area contributed by atoms with Crippen molar-refractivity contribution in [3.05, 3.63) is 36.4 Å². The van der Waals surface area contributed by atoms with Crippen molar-refractivity contribution in [3.8, 4) is 0 Å². The summed E-state index contributed by atoms with van der Waals surface area (Å²) in [5.41, 5.74) is 9.08. The fourth-order valence-electron chi connectivity index (χ4n) is 1.46. The van der Waals surface area contributed by atoms with Gasteiger partial charge in [-0.05, 0) is 35.1 Å². The molecule has 0 amide bonds. The first kappa shape index (κ1) is 10.8. The second-order valence-corrected chi connectivity index (χ2v) is 4.96. The van der Waals surface area contributed by atoms with E-state index in [1.165, 1.54) is 11.1 Å². The first-order valence-corrected chi connectivity index (χ1v) is 4.92. The van der Waals surface area contributed by atoms with Crippen LogP contribution in [0.25, 0.3) is 5.57 Å². The van der Waals surface area contributed by atoms with E-state index in [4.69, 9.17) is 5.73 Å². The maximum absolute atomic E-state index is 5.62. The first-order chi connectivity index (χ1) is 6.38. The molecule has 0 aliphatic carbocycles. The Morgan fingerprint density at radius 1 is 1.21 bits per heavy atom. The van der Waals surface area contributed by atoms with Gasteiger partial charge < -0.3 is 5.73 Å². The molecular formula is C13H19N. The SMILES string of the molecule is C=C(CC(C)(C)C)c1ccc(N)cc1. The molecule has 1 aromatic carbocycles. The van der Waals surface area contributed by atoms with Crippen molar-refractivity contribution in [1.82, 2.24) is 0 Å². The topological polar surface area (TPSA) is 26.0 Å². The van der Waals surface area contributed by atoms with Crippen LogP contribution in [0.5, 0.6) is 0 Å². The summed E-state index contributed by atoms with van der Waals surface area (Å²) in [6.45, 7) is 10.8. The van der Waals surface area contributed by atoms with Gasteiger partial charge in [-0.3, -0.25) is 0 Å². The molecule has 0 saturated heterocycles. The number of nitrogen functional groups attached to an aromatic ring is 1. The molecule has 0 radical (unpaired) electrons. The zero-order chi connectivity index (χ0) is 10.8. The van der Waals surface area contributed by atoms with E-state index >= 15 is 0 Å². The van der Waals surface area contributed by atoms with Gasteiger partial charge in [-0.2, -0.15) is 0 Å². The van der Waals surface area contributed by atoms with Gasteiger partial charge in [0.15, 0.2) is 0 Å². The molecule has 76 valence electrons. The highest BCUT2D eigenvalue weighted by Crippen LogP contribution is 2.29. The first-order valence-electron chi connectivity index (χ1n) is 4.92. The van der Waals surface area contributed by atoms with Crippen LogP contribution in [0.2, 0.25) is 0 Å². The maximum atomic E-state index is 5.62. The molecule has 14 heavy (non-hydrogen) atoms. The Morgan fingerprint density at radius 3 is 2.14 bits per heavy atom. The molecule has 0 fully saturated rings. The molecule has 0 heterocycles. The Balaban J connectivity index is 2.76. The van der Waals surface area contributed by atoms with Crippen molar-refractivity contribution < 1.29 is 0 Å². The van der Waals surface area contributed by atoms with Crippen molar-refractivity contribution in [3.63, 3.8) is 0 Å². The average Bonchev–Trinajstić information content (AvgIpc) is 2.02. The largest absolute Gasteiger partial charge is 0.399 e. The van der Waals surface area contributed by atoms with Crippen LogP contribution in [0, 0.1) is 5.41 Å². The van der Waals surface area contributed by atoms with Crippen molar-refractivity contribution >= 4 is 11.3 Å². The number of hydrogen-bond donors (Lipinski definition) is 1. The Morgan fingerprint density at radius 2 is 1.71 bits per heavy atom. The van der Waals surface area contributed by atoms with Gasteiger partial charge in [-0.25, -0.2) is 0 Å². The van der Waals surface area contributed by atoms with Crippen LogP contribution in [0.3, 0.4) is 0 Å². The maximum Gasteiger partial charge on any atom is 0.0314 e. The highest BCUT2D eigenvalue weighted by molar-refractivity contribution is 5.65. The number of hydrogen-bond acceptors (Lipinski definition) is 1. The van der Waals surface area contributed by atoms with E-state index in [1.54, 1.807) is 0 Å². The average molecular weight is 189 g/mol. The van der Waals surface area contributed by atoms with E-state index in [2.05, 4.69) is 27.4 Å². The number of anilines is 1. The summed E-state index contributed by atoms with van der Waals surface area (Å²) in [5.74, 6) is 0. The van der Waals surface area contributed by atoms with E-state index in [-0.39, 0.29) is 0 Å². The smallest absolute Gasteiger partial charge is 0.0314 e. The Bertz CT molecular complexity index is 314. The van der Waals surface area contributed by atoms with Crippen LogP contribution in [0.1, 0.15) is 32.8 Å². The monoisotopic (exact) mass is 189 g/mol. The highest BCUT2D eigenvalue weighted by Gasteiger charge is 2.12. The van der Waals surface area contributed by atoms with Crippen molar-refractivity contribution in [2.24, 2.45) is 5.41 Å². The van der Waals surface area contributed by atoms with Crippen molar-refractivity contribution in [2.75, 3.05) is 5.73 Å². The summed E-state index contributed by atoms with van der Waals surface area (Å²) in [6.07, 6.45) is 1.01. The van der Waals surface area contributed by atoms with E-state index in [0.717, 1.165) is 12.1 Å². The van der Waals surface area contributed by atoms with Gasteiger partial charge in [0.25, 0.3) is 0 Å². The highest BCUT2D eigenvalue weighted by atomic mass is 14.5. The predicted molar refractivity (Wildman–Crippen MR) is 64.0 cm³/mol. The van der Waals surface area contributed by atoms with Gasteiger partial charge in [-0.1, -0.05) is 39.5 Å². The van der Waals surface area contributed by atoms with Crippen LogP contribution in [-0.4, -0.2) is 0 Å². The molecule has 0 aliphatic rings. The second-order valence-electron chi connectivity index (χ2n) is 4.96. The summed E-state index contributed by atoms with van der Waals surface area (Å²) in [7, 11) is 0.